The van der Waals surface area contributed by atoms with E-state index in [1.807, 2.05) is 0 Å². The van der Waals surface area contributed by atoms with Gasteiger partial charge >= 0.3 is 6.18 Å². The maximum Gasteiger partial charge on any atom is 0.405 e. The van der Waals surface area contributed by atoms with Crippen molar-refractivity contribution in [3.8, 4) is 0 Å². The Kier molecular flexibility index (Phi) is 4.03. The number of nitrogens with zero attached hydrogens (tertiary/aromatic N) is 3. The van der Waals surface area contributed by atoms with Gasteiger partial charge in [0.1, 0.15) is 13.1 Å². The zero-order valence-corrected chi connectivity index (χ0v) is 10.1. The van der Waals surface area contributed by atoms with Gasteiger partial charge in [-0.25, -0.2) is 4.68 Å². The van der Waals surface area contributed by atoms with Gasteiger partial charge in [-0.15, -0.1) is 5.10 Å². The fourth-order valence-corrected chi connectivity index (χ4v) is 1.44. The number of aromatic nitrogens is 3. The van der Waals surface area contributed by atoms with Gasteiger partial charge in [-0.2, -0.15) is 13.2 Å². The van der Waals surface area contributed by atoms with E-state index in [1.165, 1.54) is 4.68 Å². The smallest absolute Gasteiger partial charge is 0.345 e. The van der Waals surface area contributed by atoms with Crippen LogP contribution in [0.3, 0.4) is 0 Å². The molecule has 1 aromatic rings. The van der Waals surface area contributed by atoms with Crippen LogP contribution in [0.15, 0.2) is 6.20 Å². The van der Waals surface area contributed by atoms with Crippen molar-refractivity contribution in [3.63, 3.8) is 0 Å². The van der Waals surface area contributed by atoms with Crippen LogP contribution in [0.1, 0.15) is 18.5 Å². The van der Waals surface area contributed by atoms with Gasteiger partial charge in [0.2, 0.25) is 5.91 Å². The molecule has 2 rings (SSSR count). The second-order valence-corrected chi connectivity index (χ2v) is 4.45. The molecule has 0 atom stereocenters. The molecule has 0 aromatic carbocycles. The second kappa shape index (κ2) is 5.55. The molecular formula is C10H14F3N5O. The summed E-state index contributed by atoms with van der Waals surface area (Å²) in [6.07, 6.45) is -0.568. The van der Waals surface area contributed by atoms with Crippen LogP contribution in [0.5, 0.6) is 0 Å². The summed E-state index contributed by atoms with van der Waals surface area (Å²) in [6.45, 7) is -1.06. The van der Waals surface area contributed by atoms with Crippen LogP contribution in [-0.4, -0.2) is 39.7 Å². The molecular weight excluding hydrogens is 263 g/mol. The highest BCUT2D eigenvalue weighted by Crippen LogP contribution is 2.18. The Morgan fingerprint density at radius 3 is 2.84 bits per heavy atom. The molecule has 0 saturated heterocycles. The molecule has 1 saturated carbocycles. The zero-order valence-electron chi connectivity index (χ0n) is 10.1. The van der Waals surface area contributed by atoms with Crippen LogP contribution >= 0.6 is 0 Å². The van der Waals surface area contributed by atoms with E-state index < -0.39 is 18.6 Å². The van der Waals surface area contributed by atoms with E-state index in [-0.39, 0.29) is 6.54 Å². The van der Waals surface area contributed by atoms with Gasteiger partial charge in [0.15, 0.2) is 0 Å². The van der Waals surface area contributed by atoms with E-state index in [2.05, 4.69) is 15.6 Å². The quantitative estimate of drug-likeness (QED) is 0.779. The van der Waals surface area contributed by atoms with Gasteiger partial charge < -0.3 is 10.6 Å². The first-order valence-corrected chi connectivity index (χ1v) is 5.88. The first-order chi connectivity index (χ1) is 8.92. The number of halogens is 3. The lowest BCUT2D eigenvalue weighted by Gasteiger charge is -2.07. The van der Waals surface area contributed by atoms with Gasteiger partial charge in [-0.05, 0) is 12.8 Å². The molecule has 1 aromatic heterocycles. The molecule has 1 heterocycles. The summed E-state index contributed by atoms with van der Waals surface area (Å²) in [7, 11) is 0. The van der Waals surface area contributed by atoms with Gasteiger partial charge in [0.05, 0.1) is 11.9 Å². The predicted octanol–water partition coefficient (Wildman–Crippen LogP) is 0.209. The number of carbonyl (C=O) groups excluding carboxylic acids is 1. The summed E-state index contributed by atoms with van der Waals surface area (Å²) in [5, 5.41) is 12.5. The molecule has 0 radical (unpaired) electrons. The zero-order chi connectivity index (χ0) is 13.9. The van der Waals surface area contributed by atoms with Crippen LogP contribution in [0.2, 0.25) is 0 Å². The Bertz CT molecular complexity index is 441. The maximum atomic E-state index is 11.9. The van der Waals surface area contributed by atoms with Gasteiger partial charge in [0, 0.05) is 12.6 Å². The average molecular weight is 277 g/mol. The molecule has 1 amide bonds. The van der Waals surface area contributed by atoms with E-state index in [9.17, 15) is 18.0 Å². The highest BCUT2D eigenvalue weighted by molar-refractivity contribution is 5.75. The van der Waals surface area contributed by atoms with Crippen molar-refractivity contribution in [2.45, 2.75) is 38.1 Å². The second-order valence-electron chi connectivity index (χ2n) is 4.45. The first-order valence-electron chi connectivity index (χ1n) is 5.88. The van der Waals surface area contributed by atoms with Crippen LogP contribution in [0.25, 0.3) is 0 Å². The summed E-state index contributed by atoms with van der Waals surface area (Å²) >= 11 is 0. The largest absolute Gasteiger partial charge is 0.405 e. The van der Waals surface area contributed by atoms with E-state index in [4.69, 9.17) is 0 Å². The standard InChI is InChI=1S/C10H14F3N5O/c11-10(12,13)6-15-9(19)5-18-4-8(16-17-18)3-14-7-1-2-7/h4,7,14H,1-3,5-6H2,(H,15,19). The predicted molar refractivity (Wildman–Crippen MR) is 58.9 cm³/mol. The molecule has 0 spiro atoms. The van der Waals surface area contributed by atoms with Crippen molar-refractivity contribution >= 4 is 5.91 Å². The van der Waals surface area contributed by atoms with E-state index in [0.717, 1.165) is 12.8 Å². The fraction of sp³-hybridized carbons (Fsp3) is 0.700. The third-order valence-electron chi connectivity index (χ3n) is 2.53. The SMILES string of the molecule is O=C(Cn1cc(CNC2CC2)nn1)NCC(F)(F)F. The Labute approximate surface area is 107 Å². The van der Waals surface area contributed by atoms with Crippen molar-refractivity contribution < 1.29 is 18.0 Å². The van der Waals surface area contributed by atoms with Crippen molar-refractivity contribution in [3.05, 3.63) is 11.9 Å². The summed E-state index contributed by atoms with van der Waals surface area (Å²) in [6, 6.07) is 0.528. The third-order valence-corrected chi connectivity index (χ3v) is 2.53. The van der Waals surface area contributed by atoms with Crippen LogP contribution in [-0.2, 0) is 17.9 Å². The average Bonchev–Trinajstić information content (AvgIpc) is 3.04. The fourth-order valence-electron chi connectivity index (χ4n) is 1.44. The van der Waals surface area contributed by atoms with Crippen molar-refractivity contribution in [2.24, 2.45) is 0 Å². The molecule has 9 heteroatoms. The summed E-state index contributed by atoms with van der Waals surface area (Å²) in [5.74, 6) is -0.746. The Hall–Kier alpha value is -1.64. The first kappa shape index (κ1) is 13.8. The van der Waals surface area contributed by atoms with E-state index >= 15 is 0 Å². The monoisotopic (exact) mass is 277 g/mol. The lowest BCUT2D eigenvalue weighted by molar-refractivity contribution is -0.138. The molecule has 0 unspecified atom stereocenters. The summed E-state index contributed by atoms with van der Waals surface area (Å²) in [4.78, 5) is 11.2. The highest BCUT2D eigenvalue weighted by Gasteiger charge is 2.27. The van der Waals surface area contributed by atoms with Crippen LogP contribution < -0.4 is 10.6 Å². The topological polar surface area (TPSA) is 71.8 Å². The minimum Gasteiger partial charge on any atom is -0.345 e. The van der Waals surface area contributed by atoms with Crippen molar-refractivity contribution in [1.29, 1.82) is 0 Å². The molecule has 2 N–H and O–H groups in total. The van der Waals surface area contributed by atoms with Gasteiger partial charge in [-0.1, -0.05) is 5.21 Å². The van der Waals surface area contributed by atoms with Crippen molar-refractivity contribution in [1.82, 2.24) is 25.6 Å². The van der Waals surface area contributed by atoms with Gasteiger partial charge in [0.25, 0.3) is 0 Å². The van der Waals surface area contributed by atoms with Crippen LogP contribution in [0.4, 0.5) is 13.2 Å². The molecule has 0 aliphatic heterocycles. The number of alkyl halides is 3. The van der Waals surface area contributed by atoms with Crippen molar-refractivity contribution in [2.75, 3.05) is 6.54 Å². The normalized spacial score (nSPS) is 15.5. The molecule has 6 nitrogen and oxygen atoms in total. The Balaban J connectivity index is 1.73. The Morgan fingerprint density at radius 2 is 2.21 bits per heavy atom. The molecule has 1 fully saturated rings. The molecule has 1 aliphatic rings. The molecule has 19 heavy (non-hydrogen) atoms. The number of hydrogen-bond acceptors (Lipinski definition) is 4. The van der Waals surface area contributed by atoms with E-state index in [1.54, 1.807) is 11.5 Å². The number of rotatable bonds is 6. The molecule has 1 aliphatic carbocycles. The molecule has 0 bridgehead atoms. The number of carbonyl (C=O) groups is 1. The van der Waals surface area contributed by atoms with E-state index in [0.29, 0.717) is 18.3 Å². The highest BCUT2D eigenvalue weighted by atomic mass is 19.4. The lowest BCUT2D eigenvalue weighted by atomic mass is 10.4. The maximum absolute atomic E-state index is 11.9. The Morgan fingerprint density at radius 1 is 1.47 bits per heavy atom. The summed E-state index contributed by atoms with van der Waals surface area (Å²) in [5.41, 5.74) is 0.663. The van der Waals surface area contributed by atoms with Crippen LogP contribution in [0, 0.1) is 0 Å². The minimum atomic E-state index is -4.41. The summed E-state index contributed by atoms with van der Waals surface area (Å²) < 4.78 is 36.9. The number of nitrogens with one attached hydrogen (secondary N) is 2. The molecule has 106 valence electrons. The lowest BCUT2D eigenvalue weighted by Crippen LogP contribution is -2.35. The minimum absolute atomic E-state index is 0.271. The number of hydrogen-bond donors (Lipinski definition) is 2. The van der Waals surface area contributed by atoms with Gasteiger partial charge in [-0.3, -0.25) is 4.79 Å². The third kappa shape index (κ3) is 5.25. The number of amides is 1.